The van der Waals surface area contributed by atoms with Crippen LogP contribution in [0.5, 0.6) is 5.75 Å². The molecule has 1 saturated heterocycles. The minimum atomic E-state index is 0.118. The van der Waals surface area contributed by atoms with Crippen LogP contribution in [0.4, 0.5) is 5.69 Å². The molecule has 1 heterocycles. The van der Waals surface area contributed by atoms with Gasteiger partial charge in [0.25, 0.3) is 0 Å². The van der Waals surface area contributed by atoms with Gasteiger partial charge in [-0.3, -0.25) is 9.69 Å². The molecule has 3 aromatic carbocycles. The topological polar surface area (TPSA) is 44.8 Å². The number of nitrogens with one attached hydrogen (secondary N) is 1. The number of halogens is 1. The van der Waals surface area contributed by atoms with E-state index in [1.807, 2.05) is 49.4 Å². The Labute approximate surface area is 226 Å². The Morgan fingerprint density at radius 2 is 1.62 bits per heavy atom. The average molecular weight is 520 g/mol. The van der Waals surface area contributed by atoms with Crippen molar-refractivity contribution >= 4 is 23.2 Å². The molecule has 1 fully saturated rings. The minimum Gasteiger partial charge on any atom is -0.492 e. The highest BCUT2D eigenvalue weighted by atomic mass is 35.5. The van der Waals surface area contributed by atoms with Crippen molar-refractivity contribution in [2.75, 3.05) is 44.2 Å². The summed E-state index contributed by atoms with van der Waals surface area (Å²) in [6, 6.07) is 24.3. The van der Waals surface area contributed by atoms with Crippen molar-refractivity contribution in [2.45, 2.75) is 39.2 Å². The minimum absolute atomic E-state index is 0.118. The number of piperazine rings is 1. The second-order valence-corrected chi connectivity index (χ2v) is 9.92. The van der Waals surface area contributed by atoms with E-state index in [2.05, 4.69) is 45.4 Å². The van der Waals surface area contributed by atoms with E-state index in [4.69, 9.17) is 16.3 Å². The third-order valence-corrected chi connectivity index (χ3v) is 7.16. The van der Waals surface area contributed by atoms with Crippen LogP contribution < -0.4 is 15.0 Å². The number of unbranched alkanes of at least 4 members (excludes halogenated alkanes) is 2. The summed E-state index contributed by atoms with van der Waals surface area (Å²) in [5.41, 5.74) is 4.54. The van der Waals surface area contributed by atoms with Crippen molar-refractivity contribution in [3.8, 4) is 16.9 Å². The second kappa shape index (κ2) is 14.1. The lowest BCUT2D eigenvalue weighted by atomic mass is 9.99. The molecule has 1 amide bonds. The summed E-state index contributed by atoms with van der Waals surface area (Å²) in [6.07, 6.45) is 3.70. The van der Waals surface area contributed by atoms with E-state index in [9.17, 15) is 4.79 Å². The van der Waals surface area contributed by atoms with Crippen LogP contribution in [0.15, 0.2) is 72.8 Å². The lowest BCUT2D eigenvalue weighted by Gasteiger charge is -2.36. The monoisotopic (exact) mass is 519 g/mol. The first-order valence-electron chi connectivity index (χ1n) is 13.4. The van der Waals surface area contributed by atoms with Gasteiger partial charge in [-0.05, 0) is 67.3 Å². The predicted molar refractivity (Wildman–Crippen MR) is 153 cm³/mol. The van der Waals surface area contributed by atoms with Gasteiger partial charge in [0.2, 0.25) is 5.91 Å². The van der Waals surface area contributed by atoms with E-state index in [0.29, 0.717) is 19.6 Å². The summed E-state index contributed by atoms with van der Waals surface area (Å²) in [5, 5.41) is 3.83. The molecule has 37 heavy (non-hydrogen) atoms. The van der Waals surface area contributed by atoms with Gasteiger partial charge in [-0.1, -0.05) is 66.6 Å². The van der Waals surface area contributed by atoms with Crippen molar-refractivity contribution in [3.63, 3.8) is 0 Å². The number of hydrogen-bond donors (Lipinski definition) is 1. The number of benzene rings is 3. The van der Waals surface area contributed by atoms with Gasteiger partial charge in [0, 0.05) is 44.2 Å². The number of amides is 1. The molecule has 5 nitrogen and oxygen atoms in total. The predicted octanol–water partition coefficient (Wildman–Crippen LogP) is 6.40. The van der Waals surface area contributed by atoms with Gasteiger partial charge >= 0.3 is 0 Å². The lowest BCUT2D eigenvalue weighted by Crippen LogP contribution is -2.46. The third-order valence-electron chi connectivity index (χ3n) is 6.90. The molecular formula is C31H38ClN3O2. The van der Waals surface area contributed by atoms with Gasteiger partial charge in [0.1, 0.15) is 5.75 Å². The van der Waals surface area contributed by atoms with Crippen molar-refractivity contribution < 1.29 is 9.53 Å². The van der Waals surface area contributed by atoms with Crippen molar-refractivity contribution in [1.82, 2.24) is 10.2 Å². The quantitative estimate of drug-likeness (QED) is 0.281. The van der Waals surface area contributed by atoms with Crippen molar-refractivity contribution in [3.05, 3.63) is 83.4 Å². The molecule has 1 aliphatic rings. The molecule has 0 spiro atoms. The van der Waals surface area contributed by atoms with Crippen LogP contribution >= 0.6 is 11.6 Å². The number of carbonyl (C=O) groups excluding carboxylic acids is 1. The Bertz CT molecular complexity index is 1130. The van der Waals surface area contributed by atoms with E-state index in [1.165, 1.54) is 5.69 Å². The fraction of sp³-hybridized carbons (Fsp3) is 0.387. The van der Waals surface area contributed by atoms with Crippen molar-refractivity contribution in [2.24, 2.45) is 0 Å². The zero-order valence-corrected chi connectivity index (χ0v) is 22.6. The maximum absolute atomic E-state index is 12.5. The molecule has 0 bridgehead atoms. The molecule has 0 aromatic heterocycles. The number of para-hydroxylation sites is 2. The lowest BCUT2D eigenvalue weighted by molar-refractivity contribution is -0.121. The first-order valence-corrected chi connectivity index (χ1v) is 13.8. The summed E-state index contributed by atoms with van der Waals surface area (Å²) in [5.74, 6) is 1.10. The molecule has 1 N–H and O–H groups in total. The Morgan fingerprint density at radius 1 is 0.892 bits per heavy atom. The molecule has 0 saturated carbocycles. The smallest absolute Gasteiger partial charge is 0.220 e. The maximum Gasteiger partial charge on any atom is 0.220 e. The Hall–Kier alpha value is -3.02. The summed E-state index contributed by atoms with van der Waals surface area (Å²) in [7, 11) is 0. The zero-order valence-electron chi connectivity index (χ0n) is 21.8. The molecular weight excluding hydrogens is 482 g/mol. The molecule has 1 aliphatic heterocycles. The van der Waals surface area contributed by atoms with Crippen LogP contribution in [0.3, 0.4) is 0 Å². The molecule has 3 aromatic rings. The van der Waals surface area contributed by atoms with Gasteiger partial charge in [-0.15, -0.1) is 0 Å². The average Bonchev–Trinajstić information content (AvgIpc) is 2.93. The zero-order chi connectivity index (χ0) is 25.9. The fourth-order valence-corrected chi connectivity index (χ4v) is 5.00. The number of ether oxygens (including phenoxy) is 1. The summed E-state index contributed by atoms with van der Waals surface area (Å²) in [4.78, 5) is 17.4. The number of carbonyl (C=O) groups is 1. The number of hydrogen-bond acceptors (Lipinski definition) is 4. The van der Waals surface area contributed by atoms with Crippen LogP contribution in [0.25, 0.3) is 11.1 Å². The fourth-order valence-electron chi connectivity index (χ4n) is 4.87. The van der Waals surface area contributed by atoms with E-state index < -0.39 is 0 Å². The van der Waals surface area contributed by atoms with Crippen LogP contribution in [-0.4, -0.2) is 50.1 Å². The molecule has 0 radical (unpaired) electrons. The number of nitrogens with zero attached hydrogens (tertiary/aromatic N) is 2. The molecule has 0 atom stereocenters. The first kappa shape index (κ1) is 27.0. The molecule has 0 aliphatic carbocycles. The number of anilines is 1. The molecule has 196 valence electrons. The molecule has 6 heteroatoms. The van der Waals surface area contributed by atoms with E-state index in [-0.39, 0.29) is 5.91 Å². The van der Waals surface area contributed by atoms with E-state index in [1.54, 1.807) is 0 Å². The Balaban J connectivity index is 1.12. The van der Waals surface area contributed by atoms with Crippen molar-refractivity contribution in [1.29, 1.82) is 0 Å². The standard InChI is InChI=1S/C31H38ClN3O2/c1-2-37-30-13-8-7-12-29(30)35-22-20-34(21-23-35)19-9-3-4-14-31(36)33-24-26-10-5-6-11-28(26)25-15-17-27(32)18-16-25/h5-8,10-13,15-18H,2-4,9,14,19-24H2,1H3,(H,33,36). The van der Waals surface area contributed by atoms with E-state index >= 15 is 0 Å². The van der Waals surface area contributed by atoms with Gasteiger partial charge < -0.3 is 15.0 Å². The first-order chi connectivity index (χ1) is 18.1. The SMILES string of the molecule is CCOc1ccccc1N1CCN(CCCCCC(=O)NCc2ccccc2-c2ccc(Cl)cc2)CC1. The van der Waals surface area contributed by atoms with Gasteiger partial charge in [0.15, 0.2) is 0 Å². The van der Waals surface area contributed by atoms with Gasteiger partial charge in [0.05, 0.1) is 12.3 Å². The van der Waals surface area contributed by atoms with Gasteiger partial charge in [-0.2, -0.15) is 0 Å². The van der Waals surface area contributed by atoms with E-state index in [0.717, 1.165) is 79.4 Å². The largest absolute Gasteiger partial charge is 0.492 e. The summed E-state index contributed by atoms with van der Waals surface area (Å²) < 4.78 is 5.81. The highest BCUT2D eigenvalue weighted by molar-refractivity contribution is 6.30. The Kier molecular flexibility index (Phi) is 10.3. The maximum atomic E-state index is 12.5. The van der Waals surface area contributed by atoms with Gasteiger partial charge in [-0.25, -0.2) is 0 Å². The highest BCUT2D eigenvalue weighted by Gasteiger charge is 2.19. The second-order valence-electron chi connectivity index (χ2n) is 9.48. The highest BCUT2D eigenvalue weighted by Crippen LogP contribution is 2.29. The summed E-state index contributed by atoms with van der Waals surface area (Å²) in [6.45, 7) is 8.51. The molecule has 0 unspecified atom stereocenters. The Morgan fingerprint density at radius 3 is 2.41 bits per heavy atom. The van der Waals surface area contributed by atoms with Crippen LogP contribution in [0, 0.1) is 0 Å². The van der Waals surface area contributed by atoms with Crippen LogP contribution in [-0.2, 0) is 11.3 Å². The summed E-state index contributed by atoms with van der Waals surface area (Å²) >= 11 is 6.03. The number of rotatable bonds is 12. The normalized spacial score (nSPS) is 13.9. The van der Waals surface area contributed by atoms with Crippen LogP contribution in [0.1, 0.15) is 38.2 Å². The third kappa shape index (κ3) is 7.98. The van der Waals surface area contributed by atoms with Crippen LogP contribution in [0.2, 0.25) is 5.02 Å². The molecule has 4 rings (SSSR count).